The van der Waals surface area contributed by atoms with Crippen molar-refractivity contribution in [2.24, 2.45) is 0 Å². The van der Waals surface area contributed by atoms with Crippen LogP contribution in [0.4, 0.5) is 10.5 Å². The van der Waals surface area contributed by atoms with Gasteiger partial charge in [-0.3, -0.25) is 0 Å². The summed E-state index contributed by atoms with van der Waals surface area (Å²) < 4.78 is 2.21. The second-order valence-corrected chi connectivity index (χ2v) is 6.79. The van der Waals surface area contributed by atoms with Gasteiger partial charge in [0.05, 0.1) is 6.54 Å². The molecule has 0 bridgehead atoms. The highest BCUT2D eigenvalue weighted by Gasteiger charge is 2.20. The molecule has 0 saturated carbocycles. The van der Waals surface area contributed by atoms with Gasteiger partial charge in [0.2, 0.25) is 0 Å². The molecule has 0 radical (unpaired) electrons. The number of anilines is 1. The third-order valence-corrected chi connectivity index (χ3v) is 4.86. The van der Waals surface area contributed by atoms with Crippen LogP contribution in [0.15, 0.2) is 79.0 Å². The van der Waals surface area contributed by atoms with Crippen LogP contribution in [0, 0.1) is 0 Å². The first-order valence-corrected chi connectivity index (χ1v) is 9.48. The molecule has 0 saturated heterocycles. The van der Waals surface area contributed by atoms with Crippen molar-refractivity contribution < 1.29 is 4.79 Å². The summed E-state index contributed by atoms with van der Waals surface area (Å²) in [5, 5.41) is 3.02. The van der Waals surface area contributed by atoms with Gasteiger partial charge in [0, 0.05) is 30.2 Å². The Labute approximate surface area is 161 Å². The van der Waals surface area contributed by atoms with Crippen molar-refractivity contribution in [1.82, 2.24) is 9.47 Å². The molecule has 4 nitrogen and oxygen atoms in total. The molecule has 2 amide bonds. The number of aromatic nitrogens is 1. The van der Waals surface area contributed by atoms with Gasteiger partial charge in [-0.1, -0.05) is 55.5 Å². The van der Waals surface area contributed by atoms with Crippen molar-refractivity contribution in [3.63, 3.8) is 0 Å². The predicted octanol–water partition coefficient (Wildman–Crippen LogP) is 5.37. The zero-order chi connectivity index (χ0) is 19.1. The minimum Gasteiger partial charge on any atom is -0.345 e. The molecule has 0 fully saturated rings. The molecule has 3 aromatic rings. The standard InChI is InChI=1S/C23H27N3O/c1-3-19(2)26(23(27)24-21-13-8-5-9-14-21)18-22-15-10-16-25(22)17-20-11-6-4-7-12-20/h4-16,19H,3,17-18H2,1-2H3,(H,24,27). The lowest BCUT2D eigenvalue weighted by Gasteiger charge is -2.29. The van der Waals surface area contributed by atoms with E-state index in [1.165, 1.54) is 5.56 Å². The number of urea groups is 1. The van der Waals surface area contributed by atoms with Crippen molar-refractivity contribution in [1.29, 1.82) is 0 Å². The molecule has 1 N–H and O–H groups in total. The van der Waals surface area contributed by atoms with Crippen molar-refractivity contribution in [2.45, 2.75) is 39.4 Å². The van der Waals surface area contributed by atoms with Crippen LogP contribution in [0.25, 0.3) is 0 Å². The molecular formula is C23H27N3O. The van der Waals surface area contributed by atoms with Gasteiger partial charge in [-0.25, -0.2) is 4.79 Å². The van der Waals surface area contributed by atoms with Crippen molar-refractivity contribution in [3.05, 3.63) is 90.3 Å². The monoisotopic (exact) mass is 361 g/mol. The average molecular weight is 361 g/mol. The number of carbonyl (C=O) groups excluding carboxylic acids is 1. The highest BCUT2D eigenvalue weighted by molar-refractivity contribution is 5.89. The topological polar surface area (TPSA) is 37.3 Å². The molecule has 0 spiro atoms. The van der Waals surface area contributed by atoms with Gasteiger partial charge in [-0.2, -0.15) is 0 Å². The first-order chi connectivity index (χ1) is 13.2. The first kappa shape index (κ1) is 18.8. The van der Waals surface area contributed by atoms with Crippen molar-refractivity contribution >= 4 is 11.7 Å². The first-order valence-electron chi connectivity index (χ1n) is 9.48. The Bertz CT molecular complexity index is 842. The van der Waals surface area contributed by atoms with Crippen molar-refractivity contribution in [3.8, 4) is 0 Å². The van der Waals surface area contributed by atoms with Gasteiger partial charge in [0.15, 0.2) is 0 Å². The smallest absolute Gasteiger partial charge is 0.322 e. The fourth-order valence-corrected chi connectivity index (χ4v) is 3.07. The highest BCUT2D eigenvalue weighted by atomic mass is 16.2. The summed E-state index contributed by atoms with van der Waals surface area (Å²) in [6.45, 7) is 5.58. The van der Waals surface area contributed by atoms with E-state index in [2.05, 4.69) is 60.3 Å². The molecule has 140 valence electrons. The number of nitrogens with one attached hydrogen (secondary N) is 1. The zero-order valence-electron chi connectivity index (χ0n) is 16.0. The number of hydrogen-bond acceptors (Lipinski definition) is 1. The van der Waals surface area contributed by atoms with Crippen LogP contribution in [0.2, 0.25) is 0 Å². The SMILES string of the molecule is CCC(C)N(Cc1cccn1Cc1ccccc1)C(=O)Nc1ccccc1. The summed E-state index contributed by atoms with van der Waals surface area (Å²) >= 11 is 0. The fourth-order valence-electron chi connectivity index (χ4n) is 3.07. The van der Waals surface area contributed by atoms with E-state index >= 15 is 0 Å². The molecule has 4 heteroatoms. The maximum absolute atomic E-state index is 12.9. The predicted molar refractivity (Wildman–Crippen MR) is 111 cm³/mol. The van der Waals surface area contributed by atoms with Gasteiger partial charge < -0.3 is 14.8 Å². The summed E-state index contributed by atoms with van der Waals surface area (Å²) in [6.07, 6.45) is 2.98. The second-order valence-electron chi connectivity index (χ2n) is 6.79. The lowest BCUT2D eigenvalue weighted by atomic mass is 10.2. The second kappa shape index (κ2) is 9.08. The lowest BCUT2D eigenvalue weighted by Crippen LogP contribution is -2.41. The maximum Gasteiger partial charge on any atom is 0.322 e. The zero-order valence-corrected chi connectivity index (χ0v) is 16.0. The van der Waals surface area contributed by atoms with Crippen LogP contribution >= 0.6 is 0 Å². The van der Waals surface area contributed by atoms with Crippen LogP contribution in [0.5, 0.6) is 0 Å². The van der Waals surface area contributed by atoms with E-state index in [-0.39, 0.29) is 12.1 Å². The van der Waals surface area contributed by atoms with Crippen LogP contribution in [0.3, 0.4) is 0 Å². The molecule has 3 rings (SSSR count). The summed E-state index contributed by atoms with van der Waals surface area (Å²) in [5.74, 6) is 0. The highest BCUT2D eigenvalue weighted by Crippen LogP contribution is 2.16. The minimum absolute atomic E-state index is 0.0667. The molecule has 27 heavy (non-hydrogen) atoms. The average Bonchev–Trinajstić information content (AvgIpc) is 3.13. The third kappa shape index (κ3) is 5.00. The van der Waals surface area contributed by atoms with Gasteiger partial charge in [-0.15, -0.1) is 0 Å². The largest absolute Gasteiger partial charge is 0.345 e. The fraction of sp³-hybridized carbons (Fsp3) is 0.261. The molecule has 1 heterocycles. The van der Waals surface area contributed by atoms with Gasteiger partial charge in [-0.05, 0) is 43.2 Å². The van der Waals surface area contributed by atoms with E-state index in [0.29, 0.717) is 6.54 Å². The molecule has 1 atom stereocenters. The Kier molecular flexibility index (Phi) is 6.31. The summed E-state index contributed by atoms with van der Waals surface area (Å²) in [6, 6.07) is 24.2. The molecule has 1 unspecified atom stereocenters. The Morgan fingerprint density at radius 3 is 2.33 bits per heavy atom. The Morgan fingerprint density at radius 1 is 1.00 bits per heavy atom. The molecule has 0 aliphatic carbocycles. The number of amides is 2. The third-order valence-electron chi connectivity index (χ3n) is 4.86. The lowest BCUT2D eigenvalue weighted by molar-refractivity contribution is 0.185. The molecule has 1 aromatic heterocycles. The Morgan fingerprint density at radius 2 is 1.67 bits per heavy atom. The van der Waals surface area contributed by atoms with Crippen LogP contribution in [-0.4, -0.2) is 21.5 Å². The number of benzene rings is 2. The van der Waals surface area contributed by atoms with Crippen molar-refractivity contribution in [2.75, 3.05) is 5.32 Å². The molecule has 0 aliphatic heterocycles. The van der Waals surface area contributed by atoms with E-state index in [0.717, 1.165) is 24.3 Å². The Balaban J connectivity index is 1.75. The molecule has 2 aromatic carbocycles. The van der Waals surface area contributed by atoms with E-state index in [1.807, 2.05) is 47.4 Å². The number of nitrogens with zero attached hydrogens (tertiary/aromatic N) is 2. The van der Waals surface area contributed by atoms with E-state index in [9.17, 15) is 4.79 Å². The quantitative estimate of drug-likeness (QED) is 0.603. The van der Waals surface area contributed by atoms with E-state index in [1.54, 1.807) is 0 Å². The summed E-state index contributed by atoms with van der Waals surface area (Å²) in [4.78, 5) is 14.8. The normalized spacial score (nSPS) is 11.8. The van der Waals surface area contributed by atoms with Gasteiger partial charge >= 0.3 is 6.03 Å². The number of rotatable bonds is 7. The summed E-state index contributed by atoms with van der Waals surface area (Å²) in [5.41, 5.74) is 3.19. The van der Waals surface area contributed by atoms with Gasteiger partial charge in [0.25, 0.3) is 0 Å². The van der Waals surface area contributed by atoms with Gasteiger partial charge in [0.1, 0.15) is 0 Å². The van der Waals surface area contributed by atoms with E-state index < -0.39 is 0 Å². The van der Waals surface area contributed by atoms with Crippen LogP contribution in [0.1, 0.15) is 31.5 Å². The summed E-state index contributed by atoms with van der Waals surface area (Å²) in [7, 11) is 0. The molecular weight excluding hydrogens is 334 g/mol. The Hall–Kier alpha value is -3.01. The number of carbonyl (C=O) groups is 1. The van der Waals surface area contributed by atoms with Crippen LogP contribution in [-0.2, 0) is 13.1 Å². The number of hydrogen-bond donors (Lipinski definition) is 1. The maximum atomic E-state index is 12.9. The minimum atomic E-state index is -0.0667. The van der Waals surface area contributed by atoms with E-state index in [4.69, 9.17) is 0 Å². The van der Waals surface area contributed by atoms with Crippen LogP contribution < -0.4 is 5.32 Å². The molecule has 0 aliphatic rings. The number of para-hydroxylation sites is 1.